The molecule has 0 unspecified atom stereocenters. The van der Waals surface area contributed by atoms with Gasteiger partial charge in [-0.25, -0.2) is 13.4 Å². The fourth-order valence-corrected chi connectivity index (χ4v) is 6.21. The average molecular weight is 509 g/mol. The predicted molar refractivity (Wildman–Crippen MR) is 136 cm³/mol. The molecule has 5 rings (SSSR count). The fourth-order valence-electron chi connectivity index (χ4n) is 3.92. The lowest BCUT2D eigenvalue weighted by molar-refractivity contribution is -0.113. The number of nitrogens with zero attached hydrogens (tertiary/aromatic N) is 3. The Kier molecular flexibility index (Phi) is 6.87. The average Bonchev–Trinajstić information content (AvgIpc) is 3.27. The van der Waals surface area contributed by atoms with Gasteiger partial charge in [-0.3, -0.25) is 9.36 Å². The van der Waals surface area contributed by atoms with Crippen molar-refractivity contribution in [2.24, 2.45) is 0 Å². The lowest BCUT2D eigenvalue weighted by Gasteiger charge is -2.26. The summed E-state index contributed by atoms with van der Waals surface area (Å²) in [5, 5.41) is 3.52. The van der Waals surface area contributed by atoms with Gasteiger partial charge in [0.25, 0.3) is 0 Å². The smallest absolute Gasteiger partial charge is 0.243 e. The second kappa shape index (κ2) is 10.2. The first-order valence-electron chi connectivity index (χ1n) is 11.2. The predicted octanol–water partition coefficient (Wildman–Crippen LogP) is 3.78. The summed E-state index contributed by atoms with van der Waals surface area (Å²) in [4.78, 5) is 17.6. The number of aromatic nitrogens is 2. The van der Waals surface area contributed by atoms with E-state index in [-0.39, 0.29) is 16.6 Å². The second-order valence-electron chi connectivity index (χ2n) is 7.94. The number of carbonyl (C=O) groups excluding carboxylic acids is 1. The van der Waals surface area contributed by atoms with Crippen molar-refractivity contribution in [1.82, 2.24) is 13.9 Å². The van der Waals surface area contributed by atoms with Gasteiger partial charge < -0.3 is 10.1 Å². The van der Waals surface area contributed by atoms with Gasteiger partial charge in [0.15, 0.2) is 5.16 Å². The summed E-state index contributed by atoms with van der Waals surface area (Å²) in [5.41, 5.74) is 3.20. The SMILES string of the molecule is O=C(CSc1nc2ccccc2n1-c1ccccc1)Nc1cccc(S(=O)(=O)N2CCOCC2)c1. The number of rotatable bonds is 7. The van der Waals surface area contributed by atoms with Gasteiger partial charge in [-0.1, -0.05) is 48.2 Å². The van der Waals surface area contributed by atoms with Gasteiger partial charge in [0.1, 0.15) is 0 Å². The number of hydrogen-bond acceptors (Lipinski definition) is 6. The molecule has 1 aliphatic rings. The van der Waals surface area contributed by atoms with Crippen molar-refractivity contribution in [3.63, 3.8) is 0 Å². The Bertz CT molecular complexity index is 1450. The number of fused-ring (bicyclic) bond motifs is 1. The third-order valence-electron chi connectivity index (χ3n) is 5.60. The van der Waals surface area contributed by atoms with Gasteiger partial charge in [0, 0.05) is 24.5 Å². The zero-order valence-electron chi connectivity index (χ0n) is 18.8. The first-order chi connectivity index (χ1) is 17.0. The van der Waals surface area contributed by atoms with Crippen molar-refractivity contribution < 1.29 is 17.9 Å². The molecule has 4 aromatic rings. The van der Waals surface area contributed by atoms with E-state index in [1.165, 1.54) is 28.2 Å². The number of ether oxygens (including phenoxy) is 1. The van der Waals surface area contributed by atoms with Crippen LogP contribution >= 0.6 is 11.8 Å². The number of morpholine rings is 1. The van der Waals surface area contributed by atoms with E-state index < -0.39 is 10.0 Å². The van der Waals surface area contributed by atoms with E-state index in [9.17, 15) is 13.2 Å². The largest absolute Gasteiger partial charge is 0.379 e. The number of hydrogen-bond donors (Lipinski definition) is 1. The van der Waals surface area contributed by atoms with E-state index in [1.807, 2.05) is 59.2 Å². The minimum atomic E-state index is -3.64. The molecule has 0 radical (unpaired) electrons. The molecule has 1 saturated heterocycles. The molecule has 35 heavy (non-hydrogen) atoms. The lowest BCUT2D eigenvalue weighted by Crippen LogP contribution is -2.40. The van der Waals surface area contributed by atoms with Crippen LogP contribution in [0.3, 0.4) is 0 Å². The summed E-state index contributed by atoms with van der Waals surface area (Å²) in [7, 11) is -3.64. The molecule has 180 valence electrons. The van der Waals surface area contributed by atoms with Crippen LogP contribution in [0.4, 0.5) is 5.69 Å². The number of thioether (sulfide) groups is 1. The molecule has 1 fully saturated rings. The molecule has 3 aromatic carbocycles. The van der Waals surface area contributed by atoms with E-state index in [0.29, 0.717) is 37.1 Å². The summed E-state index contributed by atoms with van der Waals surface area (Å²) in [6.07, 6.45) is 0. The highest BCUT2D eigenvalue weighted by molar-refractivity contribution is 7.99. The number of anilines is 1. The Balaban J connectivity index is 1.31. The number of carbonyl (C=O) groups is 1. The third-order valence-corrected chi connectivity index (χ3v) is 8.44. The Hall–Kier alpha value is -3.18. The van der Waals surface area contributed by atoms with Gasteiger partial charge >= 0.3 is 0 Å². The molecule has 0 saturated carbocycles. The van der Waals surface area contributed by atoms with E-state index >= 15 is 0 Å². The number of imidazole rings is 1. The minimum absolute atomic E-state index is 0.122. The highest BCUT2D eigenvalue weighted by atomic mass is 32.2. The molecule has 1 amide bonds. The normalized spacial score (nSPS) is 14.7. The molecule has 1 aromatic heterocycles. The van der Waals surface area contributed by atoms with E-state index in [2.05, 4.69) is 5.32 Å². The molecular formula is C25H24N4O4S2. The summed E-state index contributed by atoms with van der Waals surface area (Å²) in [6, 6.07) is 24.1. The zero-order chi connectivity index (χ0) is 24.3. The van der Waals surface area contributed by atoms with Crippen LogP contribution in [0.15, 0.2) is 88.9 Å². The van der Waals surface area contributed by atoms with E-state index in [1.54, 1.807) is 12.1 Å². The zero-order valence-corrected chi connectivity index (χ0v) is 20.5. The van der Waals surface area contributed by atoms with Gasteiger partial charge in [0.2, 0.25) is 15.9 Å². The van der Waals surface area contributed by atoms with Gasteiger partial charge in [-0.2, -0.15) is 4.31 Å². The maximum Gasteiger partial charge on any atom is 0.243 e. The molecule has 0 bridgehead atoms. The van der Waals surface area contributed by atoms with Gasteiger partial charge in [-0.15, -0.1) is 0 Å². The highest BCUT2D eigenvalue weighted by Crippen LogP contribution is 2.28. The van der Waals surface area contributed by atoms with Crippen molar-refractivity contribution in [2.45, 2.75) is 10.1 Å². The molecule has 10 heteroatoms. The fraction of sp³-hybridized carbons (Fsp3) is 0.200. The van der Waals surface area contributed by atoms with Crippen LogP contribution < -0.4 is 5.32 Å². The third kappa shape index (κ3) is 5.10. The number of nitrogens with one attached hydrogen (secondary N) is 1. The Labute approximate surface area is 208 Å². The molecular weight excluding hydrogens is 484 g/mol. The first kappa shape index (κ1) is 23.6. The lowest BCUT2D eigenvalue weighted by atomic mass is 10.3. The number of para-hydroxylation sites is 3. The van der Waals surface area contributed by atoms with Crippen LogP contribution in [0.2, 0.25) is 0 Å². The highest BCUT2D eigenvalue weighted by Gasteiger charge is 2.26. The van der Waals surface area contributed by atoms with Crippen LogP contribution in [-0.2, 0) is 19.6 Å². The first-order valence-corrected chi connectivity index (χ1v) is 13.6. The Morgan fingerprint density at radius 2 is 1.71 bits per heavy atom. The summed E-state index contributed by atoms with van der Waals surface area (Å²) >= 11 is 1.33. The van der Waals surface area contributed by atoms with Crippen molar-refractivity contribution >= 4 is 44.4 Å². The Morgan fingerprint density at radius 3 is 2.51 bits per heavy atom. The maximum absolute atomic E-state index is 12.9. The molecule has 0 aliphatic carbocycles. The van der Waals surface area contributed by atoms with Crippen LogP contribution in [0, 0.1) is 0 Å². The van der Waals surface area contributed by atoms with Crippen LogP contribution in [0.25, 0.3) is 16.7 Å². The molecule has 1 N–H and O–H groups in total. The van der Waals surface area contributed by atoms with Crippen molar-refractivity contribution in [3.05, 3.63) is 78.9 Å². The van der Waals surface area contributed by atoms with E-state index in [4.69, 9.17) is 9.72 Å². The molecule has 1 aliphatic heterocycles. The summed E-state index contributed by atoms with van der Waals surface area (Å²) in [6.45, 7) is 1.39. The topological polar surface area (TPSA) is 93.5 Å². The van der Waals surface area contributed by atoms with Gasteiger partial charge in [0.05, 0.1) is 34.9 Å². The Morgan fingerprint density at radius 1 is 0.971 bits per heavy atom. The molecule has 2 heterocycles. The van der Waals surface area contributed by atoms with Crippen molar-refractivity contribution in [3.8, 4) is 5.69 Å². The molecule has 0 spiro atoms. The second-order valence-corrected chi connectivity index (χ2v) is 10.8. The summed E-state index contributed by atoms with van der Waals surface area (Å²) in [5.74, 6) is -0.126. The quantitative estimate of drug-likeness (QED) is 0.382. The minimum Gasteiger partial charge on any atom is -0.379 e. The van der Waals surface area contributed by atoms with Crippen LogP contribution in [0.5, 0.6) is 0 Å². The number of amides is 1. The molecule has 0 atom stereocenters. The number of benzene rings is 3. The van der Waals surface area contributed by atoms with Crippen LogP contribution in [0.1, 0.15) is 0 Å². The summed E-state index contributed by atoms with van der Waals surface area (Å²) < 4.78 is 34.6. The molecule has 8 nitrogen and oxygen atoms in total. The standard InChI is InChI=1S/C25H24N4O4S2/c30-24(26-19-7-6-10-21(17-19)35(31,32)28-13-15-33-16-14-28)18-34-25-27-22-11-4-5-12-23(22)29(25)20-8-2-1-3-9-20/h1-12,17H,13-16,18H2,(H,26,30). The van der Waals surface area contributed by atoms with E-state index in [0.717, 1.165) is 16.7 Å². The van der Waals surface area contributed by atoms with Crippen molar-refractivity contribution in [1.29, 1.82) is 0 Å². The van der Waals surface area contributed by atoms with Crippen molar-refractivity contribution in [2.75, 3.05) is 37.4 Å². The maximum atomic E-state index is 12.9. The van der Waals surface area contributed by atoms with Crippen LogP contribution in [-0.4, -0.2) is 60.2 Å². The van der Waals surface area contributed by atoms with Gasteiger partial charge in [-0.05, 0) is 42.5 Å². The number of sulfonamides is 1. The monoisotopic (exact) mass is 508 g/mol.